The molecule has 0 radical (unpaired) electrons. The number of carbonyl (C=O) groups is 4. The van der Waals surface area contributed by atoms with Gasteiger partial charge in [-0.15, -0.1) is 0 Å². The molecule has 4 amide bonds. The van der Waals surface area contributed by atoms with Crippen molar-refractivity contribution < 1.29 is 19.2 Å². The molecule has 7 nitrogen and oxygen atoms in total. The van der Waals surface area contributed by atoms with Crippen LogP contribution in [0.3, 0.4) is 0 Å². The van der Waals surface area contributed by atoms with Crippen molar-refractivity contribution >= 4 is 23.6 Å². The van der Waals surface area contributed by atoms with E-state index >= 15 is 0 Å². The van der Waals surface area contributed by atoms with Crippen LogP contribution in [0.25, 0.3) is 0 Å². The van der Waals surface area contributed by atoms with E-state index < -0.39 is 11.9 Å². The Balaban J connectivity index is 1.39. The van der Waals surface area contributed by atoms with Crippen LogP contribution in [0.2, 0.25) is 0 Å². The molecule has 3 atom stereocenters. The highest BCUT2D eigenvalue weighted by molar-refractivity contribution is 6.06. The number of imide groups is 1. The molecule has 0 bridgehead atoms. The molecule has 1 aromatic carbocycles. The highest BCUT2D eigenvalue weighted by Crippen LogP contribution is 2.37. The largest absolute Gasteiger partial charge is 0.331 e. The van der Waals surface area contributed by atoms with Gasteiger partial charge in [-0.1, -0.05) is 38.5 Å². The lowest BCUT2D eigenvalue weighted by Crippen LogP contribution is -2.52. The van der Waals surface area contributed by atoms with Crippen LogP contribution < -0.4 is 5.32 Å². The first kappa shape index (κ1) is 22.6. The zero-order valence-electron chi connectivity index (χ0n) is 20.0. The molecule has 7 heteroatoms. The molecule has 178 valence electrons. The van der Waals surface area contributed by atoms with Gasteiger partial charge >= 0.3 is 0 Å². The van der Waals surface area contributed by atoms with Gasteiger partial charge in [0.15, 0.2) is 0 Å². The fraction of sp³-hybridized carbons (Fsp3) is 0.481. The standard InChI is InChI=1S/C27H31N3O4/c1-15(2)24-20-6-4-16(3)12-17(20)10-11-29(24)26(33)18-5-7-21-19(13-18)14-30(27(21)34)22-8-9-23(31)28-25(22)32/h4-7,13,15-16,22,24H,8-12,14H2,1-3H3,(H,28,31,32)/t16?,22?,24-/m1/s1. The summed E-state index contributed by atoms with van der Waals surface area (Å²) in [5.74, 6) is -0.160. The van der Waals surface area contributed by atoms with E-state index in [1.54, 1.807) is 12.1 Å². The number of benzene rings is 1. The Kier molecular flexibility index (Phi) is 5.66. The van der Waals surface area contributed by atoms with E-state index in [9.17, 15) is 19.2 Å². The van der Waals surface area contributed by atoms with Crippen molar-refractivity contribution in [3.8, 4) is 0 Å². The third kappa shape index (κ3) is 3.77. The average Bonchev–Trinajstić information content (AvgIpc) is 3.13. The predicted octanol–water partition coefficient (Wildman–Crippen LogP) is 3.21. The molecule has 1 N–H and O–H groups in total. The van der Waals surface area contributed by atoms with Gasteiger partial charge in [0.2, 0.25) is 11.8 Å². The van der Waals surface area contributed by atoms with Crippen molar-refractivity contribution in [1.82, 2.24) is 15.1 Å². The lowest BCUT2D eigenvalue weighted by atomic mass is 9.79. The highest BCUT2D eigenvalue weighted by atomic mass is 16.2. The van der Waals surface area contributed by atoms with Crippen LogP contribution in [0.5, 0.6) is 0 Å². The molecule has 5 rings (SSSR count). The molecule has 1 fully saturated rings. The maximum absolute atomic E-state index is 13.7. The number of amides is 4. The van der Waals surface area contributed by atoms with Crippen LogP contribution in [0.1, 0.15) is 72.7 Å². The third-order valence-corrected chi connectivity index (χ3v) is 7.55. The third-order valence-electron chi connectivity index (χ3n) is 7.55. The van der Waals surface area contributed by atoms with E-state index in [1.807, 2.05) is 11.0 Å². The average molecular weight is 462 g/mol. The summed E-state index contributed by atoms with van der Waals surface area (Å²) in [6.45, 7) is 7.51. The number of allylic oxidation sites excluding steroid dienone is 1. The molecular weight excluding hydrogens is 430 g/mol. The van der Waals surface area contributed by atoms with Crippen molar-refractivity contribution in [2.24, 2.45) is 11.8 Å². The van der Waals surface area contributed by atoms with Gasteiger partial charge < -0.3 is 9.80 Å². The minimum absolute atomic E-state index is 0.0213. The SMILES string of the molecule is CC1C=CC2=C(CCN(C(=O)c3ccc4c(c3)CN(C3CCC(=O)NC3=O)C4=O)[C@@H]2C(C)C)C1. The monoisotopic (exact) mass is 461 g/mol. The zero-order chi connectivity index (χ0) is 24.1. The lowest BCUT2D eigenvalue weighted by molar-refractivity contribution is -0.136. The van der Waals surface area contributed by atoms with E-state index in [0.29, 0.717) is 30.0 Å². The van der Waals surface area contributed by atoms with Gasteiger partial charge in [-0.2, -0.15) is 0 Å². The Hall–Kier alpha value is -3.22. The van der Waals surface area contributed by atoms with E-state index in [0.717, 1.165) is 18.4 Å². The summed E-state index contributed by atoms with van der Waals surface area (Å²) in [5.41, 5.74) is 4.60. The Morgan fingerprint density at radius 1 is 1.15 bits per heavy atom. The molecule has 1 saturated heterocycles. The summed E-state index contributed by atoms with van der Waals surface area (Å²) < 4.78 is 0. The van der Waals surface area contributed by atoms with Gasteiger partial charge in [0.25, 0.3) is 11.8 Å². The summed E-state index contributed by atoms with van der Waals surface area (Å²) >= 11 is 0. The van der Waals surface area contributed by atoms with Gasteiger partial charge in [0, 0.05) is 30.6 Å². The Labute approximate surface area is 199 Å². The van der Waals surface area contributed by atoms with E-state index in [-0.39, 0.29) is 42.6 Å². The first-order chi connectivity index (χ1) is 16.2. The van der Waals surface area contributed by atoms with Crippen LogP contribution in [-0.4, -0.2) is 52.1 Å². The second kappa shape index (κ2) is 8.53. The smallest absolute Gasteiger partial charge is 0.255 e. The van der Waals surface area contributed by atoms with Gasteiger partial charge in [-0.3, -0.25) is 24.5 Å². The van der Waals surface area contributed by atoms with Crippen LogP contribution in [0.4, 0.5) is 0 Å². The number of hydrogen-bond acceptors (Lipinski definition) is 4. The van der Waals surface area contributed by atoms with Gasteiger partial charge in [-0.05, 0) is 60.4 Å². The van der Waals surface area contributed by atoms with E-state index in [4.69, 9.17) is 0 Å². The van der Waals surface area contributed by atoms with Crippen LogP contribution in [-0.2, 0) is 16.1 Å². The van der Waals surface area contributed by atoms with Gasteiger partial charge in [0.1, 0.15) is 6.04 Å². The van der Waals surface area contributed by atoms with Crippen molar-refractivity contribution in [3.63, 3.8) is 0 Å². The molecule has 1 aliphatic carbocycles. The molecule has 2 unspecified atom stereocenters. The van der Waals surface area contributed by atoms with Crippen molar-refractivity contribution in [2.45, 2.75) is 65.1 Å². The number of hydrogen-bond donors (Lipinski definition) is 1. The number of nitrogens with one attached hydrogen (secondary N) is 1. The maximum atomic E-state index is 13.7. The summed E-state index contributed by atoms with van der Waals surface area (Å²) in [7, 11) is 0. The van der Waals surface area contributed by atoms with Crippen molar-refractivity contribution in [2.75, 3.05) is 6.54 Å². The number of nitrogens with zero attached hydrogens (tertiary/aromatic N) is 2. The Bertz CT molecular complexity index is 1150. The molecule has 3 aliphatic heterocycles. The fourth-order valence-electron chi connectivity index (χ4n) is 5.90. The zero-order valence-corrected chi connectivity index (χ0v) is 20.0. The van der Waals surface area contributed by atoms with Crippen LogP contribution >= 0.6 is 0 Å². The predicted molar refractivity (Wildman–Crippen MR) is 127 cm³/mol. The first-order valence-electron chi connectivity index (χ1n) is 12.2. The van der Waals surface area contributed by atoms with Crippen molar-refractivity contribution in [1.29, 1.82) is 0 Å². The maximum Gasteiger partial charge on any atom is 0.255 e. The number of fused-ring (bicyclic) bond motifs is 1. The second-order valence-corrected chi connectivity index (χ2v) is 10.3. The normalized spacial score (nSPS) is 26.7. The summed E-state index contributed by atoms with van der Waals surface area (Å²) in [4.78, 5) is 54.0. The summed E-state index contributed by atoms with van der Waals surface area (Å²) in [6.07, 6.45) is 6.96. The number of carbonyl (C=O) groups excluding carboxylic acids is 4. The Morgan fingerprint density at radius 2 is 1.94 bits per heavy atom. The number of rotatable bonds is 3. The molecular formula is C27H31N3O4. The molecule has 1 aromatic rings. The van der Waals surface area contributed by atoms with E-state index in [1.165, 1.54) is 16.0 Å². The minimum atomic E-state index is -0.657. The molecule has 34 heavy (non-hydrogen) atoms. The molecule has 3 heterocycles. The van der Waals surface area contributed by atoms with E-state index in [2.05, 4.69) is 38.2 Å². The molecule has 0 spiro atoms. The Morgan fingerprint density at radius 3 is 2.68 bits per heavy atom. The molecule has 0 saturated carbocycles. The fourth-order valence-corrected chi connectivity index (χ4v) is 5.90. The first-order valence-corrected chi connectivity index (χ1v) is 12.2. The summed E-state index contributed by atoms with van der Waals surface area (Å²) in [6, 6.07) is 4.62. The van der Waals surface area contributed by atoms with Gasteiger partial charge in [-0.25, -0.2) is 0 Å². The highest BCUT2D eigenvalue weighted by Gasteiger charge is 2.40. The second-order valence-electron chi connectivity index (χ2n) is 10.3. The minimum Gasteiger partial charge on any atom is -0.331 e. The van der Waals surface area contributed by atoms with Crippen LogP contribution in [0, 0.1) is 11.8 Å². The molecule has 4 aliphatic rings. The lowest BCUT2D eigenvalue weighted by Gasteiger charge is -2.42. The number of piperidine rings is 1. The molecule has 0 aromatic heterocycles. The topological polar surface area (TPSA) is 86.8 Å². The van der Waals surface area contributed by atoms with Crippen LogP contribution in [0.15, 0.2) is 41.5 Å². The van der Waals surface area contributed by atoms with Gasteiger partial charge in [0.05, 0.1) is 6.04 Å². The summed E-state index contributed by atoms with van der Waals surface area (Å²) in [5, 5.41) is 2.32. The quantitative estimate of drug-likeness (QED) is 0.701. The van der Waals surface area contributed by atoms with Crippen molar-refractivity contribution in [3.05, 3.63) is 58.2 Å².